The molecule has 164 valence electrons. The molecule has 8 nitrogen and oxygen atoms in total. The van der Waals surface area contributed by atoms with E-state index in [1.165, 1.54) is 18.1 Å². The number of Topliss-reactive ketones (excluding diaryl/α,β-unsaturated/α-hetero) is 1. The van der Waals surface area contributed by atoms with Crippen molar-refractivity contribution in [1.82, 2.24) is 4.98 Å². The van der Waals surface area contributed by atoms with Gasteiger partial charge >= 0.3 is 5.97 Å². The van der Waals surface area contributed by atoms with E-state index in [2.05, 4.69) is 4.98 Å². The molecule has 9 heteroatoms. The van der Waals surface area contributed by atoms with Crippen molar-refractivity contribution in [2.45, 2.75) is 26.8 Å². The van der Waals surface area contributed by atoms with Gasteiger partial charge in [-0.1, -0.05) is 41.2 Å². The van der Waals surface area contributed by atoms with Crippen molar-refractivity contribution < 1.29 is 28.6 Å². The van der Waals surface area contributed by atoms with Gasteiger partial charge in [0.2, 0.25) is 5.78 Å². The van der Waals surface area contributed by atoms with Crippen LogP contribution in [0.5, 0.6) is 0 Å². The maximum Gasteiger partial charge on any atom is 0.350 e. The molecule has 0 saturated carbocycles. The number of ether oxygens (including phenoxy) is 1. The third-order valence-electron chi connectivity index (χ3n) is 5.17. The van der Waals surface area contributed by atoms with Crippen LogP contribution in [0, 0.1) is 20.8 Å². The van der Waals surface area contributed by atoms with E-state index in [1.54, 1.807) is 32.0 Å². The van der Waals surface area contributed by atoms with Crippen LogP contribution in [0.1, 0.15) is 48.8 Å². The summed E-state index contributed by atoms with van der Waals surface area (Å²) in [7, 11) is 1.26. The molecular formula is C23H20N2O6S. The molecule has 0 fully saturated rings. The Hall–Kier alpha value is -3.72. The Bertz CT molecular complexity index is 1270. The SMILES string of the molecule is COC(=O)c1sc(N2C(=O)C(O)=C(C(=O)c3ccc(C)o3)[C@@H]2c2ccc(C)cc2)nc1C. The Labute approximate surface area is 187 Å². The monoisotopic (exact) mass is 452 g/mol. The highest BCUT2D eigenvalue weighted by atomic mass is 32.1. The summed E-state index contributed by atoms with van der Waals surface area (Å²) in [6, 6.07) is 9.44. The molecule has 3 heterocycles. The first kappa shape index (κ1) is 21.5. The number of aromatic nitrogens is 1. The Balaban J connectivity index is 1.87. The number of nitrogens with zero attached hydrogens (tertiary/aromatic N) is 2. The Morgan fingerprint density at radius 1 is 1.12 bits per heavy atom. The van der Waals surface area contributed by atoms with Crippen molar-refractivity contribution in [2.24, 2.45) is 0 Å². The van der Waals surface area contributed by atoms with Crippen LogP contribution in [0.15, 0.2) is 52.1 Å². The summed E-state index contributed by atoms with van der Waals surface area (Å²) in [5.74, 6) is -2.10. The lowest BCUT2D eigenvalue weighted by molar-refractivity contribution is -0.117. The zero-order chi connectivity index (χ0) is 23.2. The number of benzene rings is 1. The van der Waals surface area contributed by atoms with Gasteiger partial charge in [-0.3, -0.25) is 14.5 Å². The van der Waals surface area contributed by atoms with Gasteiger partial charge in [-0.25, -0.2) is 9.78 Å². The number of methoxy groups -OCH3 is 1. The van der Waals surface area contributed by atoms with Crippen molar-refractivity contribution in [3.8, 4) is 0 Å². The molecule has 0 unspecified atom stereocenters. The van der Waals surface area contributed by atoms with Crippen LogP contribution in [0.3, 0.4) is 0 Å². The number of aliphatic hydroxyl groups is 1. The number of hydrogen-bond donors (Lipinski definition) is 1. The van der Waals surface area contributed by atoms with E-state index in [9.17, 15) is 19.5 Å². The maximum absolute atomic E-state index is 13.3. The number of carbonyl (C=O) groups is 3. The molecule has 0 aliphatic carbocycles. The van der Waals surface area contributed by atoms with Crippen molar-refractivity contribution in [3.63, 3.8) is 0 Å². The van der Waals surface area contributed by atoms with E-state index in [0.29, 0.717) is 17.0 Å². The zero-order valence-electron chi connectivity index (χ0n) is 17.8. The van der Waals surface area contributed by atoms with Crippen molar-refractivity contribution in [2.75, 3.05) is 12.0 Å². The fourth-order valence-electron chi connectivity index (χ4n) is 3.56. The normalized spacial score (nSPS) is 16.1. The van der Waals surface area contributed by atoms with Crippen LogP contribution < -0.4 is 4.90 Å². The Morgan fingerprint density at radius 2 is 1.81 bits per heavy atom. The third-order valence-corrected chi connectivity index (χ3v) is 6.31. The molecule has 0 spiro atoms. The third kappa shape index (κ3) is 3.50. The molecule has 0 saturated heterocycles. The number of esters is 1. The van der Waals surface area contributed by atoms with Gasteiger partial charge < -0.3 is 14.3 Å². The van der Waals surface area contributed by atoms with Gasteiger partial charge in [0.05, 0.1) is 24.4 Å². The predicted molar refractivity (Wildman–Crippen MR) is 117 cm³/mol. The highest BCUT2D eigenvalue weighted by molar-refractivity contribution is 7.17. The number of rotatable bonds is 5. The second kappa shape index (κ2) is 8.08. The van der Waals surface area contributed by atoms with Gasteiger partial charge in [0.15, 0.2) is 16.7 Å². The summed E-state index contributed by atoms with van der Waals surface area (Å²) < 4.78 is 10.2. The average Bonchev–Trinajstić information content (AvgIpc) is 3.44. The van der Waals surface area contributed by atoms with E-state index in [1.807, 2.05) is 19.1 Å². The Morgan fingerprint density at radius 3 is 2.41 bits per heavy atom. The van der Waals surface area contributed by atoms with Gasteiger partial charge in [0.1, 0.15) is 10.6 Å². The first-order valence-corrected chi connectivity index (χ1v) is 10.5. The molecule has 1 aromatic carbocycles. The fourth-order valence-corrected chi connectivity index (χ4v) is 4.57. The standard InChI is InChI=1S/C23H20N2O6S/c1-11-5-8-14(9-6-11)17-16(18(26)15-10-7-12(2)31-15)19(27)21(28)25(17)23-24-13(3)20(32-23)22(29)30-4/h5-10,17,27H,1-4H3/t17-/m0/s1. The van der Waals surface area contributed by atoms with Gasteiger partial charge in [-0.15, -0.1) is 0 Å². The lowest BCUT2D eigenvalue weighted by Crippen LogP contribution is -2.31. The highest BCUT2D eigenvalue weighted by Crippen LogP contribution is 2.43. The minimum Gasteiger partial charge on any atom is -0.503 e. The molecule has 4 rings (SSSR count). The van der Waals surface area contributed by atoms with Gasteiger partial charge in [-0.2, -0.15) is 0 Å². The lowest BCUT2D eigenvalue weighted by Gasteiger charge is -2.24. The van der Waals surface area contributed by atoms with Crippen LogP contribution in [0.25, 0.3) is 0 Å². The fraction of sp³-hybridized carbons (Fsp3) is 0.217. The first-order valence-electron chi connectivity index (χ1n) is 9.73. The van der Waals surface area contributed by atoms with Gasteiger partial charge in [-0.05, 0) is 38.5 Å². The Kier molecular flexibility index (Phi) is 5.43. The number of ketones is 1. The topological polar surface area (TPSA) is 110 Å². The van der Waals surface area contributed by atoms with Crippen LogP contribution in [-0.4, -0.2) is 34.9 Å². The second-order valence-corrected chi connectivity index (χ2v) is 8.37. The molecule has 3 aromatic rings. The number of anilines is 1. The van der Waals surface area contributed by atoms with E-state index < -0.39 is 29.5 Å². The van der Waals surface area contributed by atoms with E-state index in [4.69, 9.17) is 9.15 Å². The molecule has 2 aromatic heterocycles. The van der Waals surface area contributed by atoms with Crippen molar-refractivity contribution in [1.29, 1.82) is 0 Å². The van der Waals surface area contributed by atoms with E-state index in [0.717, 1.165) is 16.9 Å². The summed E-state index contributed by atoms with van der Waals surface area (Å²) in [5, 5.41) is 10.9. The molecular weight excluding hydrogens is 432 g/mol. The second-order valence-electron chi connectivity index (χ2n) is 7.39. The number of aliphatic hydroxyl groups excluding tert-OH is 1. The van der Waals surface area contributed by atoms with Crippen LogP contribution in [0.2, 0.25) is 0 Å². The predicted octanol–water partition coefficient (Wildman–Crippen LogP) is 4.23. The molecule has 1 aliphatic heterocycles. The number of carbonyl (C=O) groups excluding carboxylic acids is 3. The number of amides is 1. The molecule has 32 heavy (non-hydrogen) atoms. The molecule has 0 radical (unpaired) electrons. The summed E-state index contributed by atoms with van der Waals surface area (Å²) in [4.78, 5) is 44.3. The number of hydrogen-bond acceptors (Lipinski definition) is 8. The number of thiazole rings is 1. The van der Waals surface area contributed by atoms with Gasteiger partial charge in [0.25, 0.3) is 5.91 Å². The molecule has 1 amide bonds. The highest BCUT2D eigenvalue weighted by Gasteiger charge is 2.46. The molecule has 1 aliphatic rings. The molecule has 1 atom stereocenters. The first-order chi connectivity index (χ1) is 15.2. The number of aryl methyl sites for hydroxylation is 3. The quantitative estimate of drug-likeness (QED) is 0.456. The molecule has 0 bridgehead atoms. The minimum absolute atomic E-state index is 0.0152. The lowest BCUT2D eigenvalue weighted by atomic mass is 9.94. The molecule has 1 N–H and O–H groups in total. The summed E-state index contributed by atoms with van der Waals surface area (Å²) in [5.41, 5.74) is 1.87. The maximum atomic E-state index is 13.3. The minimum atomic E-state index is -0.947. The van der Waals surface area contributed by atoms with Gasteiger partial charge in [0, 0.05) is 0 Å². The largest absolute Gasteiger partial charge is 0.503 e. The van der Waals surface area contributed by atoms with E-state index >= 15 is 0 Å². The van der Waals surface area contributed by atoms with E-state index in [-0.39, 0.29) is 21.3 Å². The van der Waals surface area contributed by atoms with Crippen LogP contribution in [-0.2, 0) is 9.53 Å². The van der Waals surface area contributed by atoms with Crippen molar-refractivity contribution in [3.05, 3.63) is 80.9 Å². The summed E-state index contributed by atoms with van der Waals surface area (Å²) in [6.07, 6.45) is 0. The number of furan rings is 1. The summed E-state index contributed by atoms with van der Waals surface area (Å²) >= 11 is 0.957. The average molecular weight is 452 g/mol. The summed E-state index contributed by atoms with van der Waals surface area (Å²) in [6.45, 7) is 5.24. The van der Waals surface area contributed by atoms with Crippen LogP contribution >= 0.6 is 11.3 Å². The van der Waals surface area contributed by atoms with Crippen molar-refractivity contribution >= 4 is 34.1 Å². The zero-order valence-corrected chi connectivity index (χ0v) is 18.6. The smallest absolute Gasteiger partial charge is 0.350 e. The van der Waals surface area contributed by atoms with Crippen LogP contribution in [0.4, 0.5) is 5.13 Å².